The molecule has 4 fully saturated rings. The lowest BCUT2D eigenvalue weighted by Gasteiger charge is -2.41. The van der Waals surface area contributed by atoms with Gasteiger partial charge in [0.25, 0.3) is 0 Å². The van der Waals surface area contributed by atoms with E-state index in [0.717, 1.165) is 30.0 Å². The molecule has 12 nitrogen and oxygen atoms in total. The smallest absolute Gasteiger partial charge is 0.472 e. The van der Waals surface area contributed by atoms with Crippen molar-refractivity contribution in [2.75, 3.05) is 13.2 Å². The van der Waals surface area contributed by atoms with Crippen LogP contribution >= 0.6 is 0 Å². The number of nitrogens with one attached hydrogen (secondary N) is 2. The van der Waals surface area contributed by atoms with E-state index < -0.39 is 54.6 Å². The molecule has 13 heteroatoms. The van der Waals surface area contributed by atoms with E-state index in [1.807, 2.05) is 51.1 Å². The number of fused-ring (bicyclic) bond motifs is 6. The van der Waals surface area contributed by atoms with Crippen LogP contribution in [0, 0.1) is 22.7 Å². The average molecular weight is 723 g/mol. The van der Waals surface area contributed by atoms with Crippen molar-refractivity contribution in [1.82, 2.24) is 20.5 Å². The topological polar surface area (TPSA) is 152 Å². The van der Waals surface area contributed by atoms with Crippen molar-refractivity contribution < 1.29 is 38.6 Å². The Hall–Kier alpha value is -2.97. The number of likely N-dealkylation sites (tertiary alicyclic amines) is 1. The molecule has 9 atom stereocenters. The zero-order chi connectivity index (χ0) is 37.6. The Morgan fingerprint density at radius 3 is 2.54 bits per heavy atom. The van der Waals surface area contributed by atoms with Crippen molar-refractivity contribution in [3.05, 3.63) is 36.5 Å². The highest BCUT2D eigenvalue weighted by atomic mass is 16.6. The van der Waals surface area contributed by atoms with Crippen molar-refractivity contribution in [3.8, 4) is 5.88 Å². The molecule has 2 saturated carbocycles. The van der Waals surface area contributed by atoms with Gasteiger partial charge < -0.3 is 39.2 Å². The number of ether oxygens (including phenoxy) is 2. The van der Waals surface area contributed by atoms with Crippen molar-refractivity contribution >= 4 is 29.9 Å². The molecule has 6 rings (SSSR count). The molecule has 2 saturated heterocycles. The minimum absolute atomic E-state index is 0.0355. The number of benzene rings is 1. The Morgan fingerprint density at radius 2 is 1.83 bits per heavy atom. The SMILES string of the molecule is CC(C)(C)OC(=O)N[C@H](C(=O)N1CC(Oc2nccc3ccccc23)C[C@H]1C(O)NC(CCO)B1OC2C[C@@H](C[C@@H]3CC[C@H]2C3(C)C)O1)C(C)(C)C. The first-order valence-electron chi connectivity index (χ1n) is 19.1. The lowest BCUT2D eigenvalue weighted by Crippen LogP contribution is -2.62. The average Bonchev–Trinajstić information content (AvgIpc) is 3.59. The summed E-state index contributed by atoms with van der Waals surface area (Å²) in [5.74, 6) is 0.527. The second-order valence-electron chi connectivity index (χ2n) is 18.0. The fraction of sp³-hybridized carbons (Fsp3) is 0.718. The maximum absolute atomic E-state index is 14.6. The first-order valence-corrected chi connectivity index (χ1v) is 19.1. The quantitative estimate of drug-likeness (QED) is 0.198. The number of carbonyl (C=O) groups is 2. The first kappa shape index (κ1) is 38.7. The van der Waals surface area contributed by atoms with Crippen LogP contribution < -0.4 is 15.4 Å². The number of hydrogen-bond acceptors (Lipinski definition) is 10. The van der Waals surface area contributed by atoms with Crippen LogP contribution in [0.1, 0.15) is 93.9 Å². The van der Waals surface area contributed by atoms with E-state index in [0.29, 0.717) is 17.7 Å². The maximum atomic E-state index is 14.6. The molecule has 1 aromatic heterocycles. The highest BCUT2D eigenvalue weighted by Gasteiger charge is 2.55. The largest absolute Gasteiger partial charge is 0.475 e. The van der Waals surface area contributed by atoms with Gasteiger partial charge in [-0.15, -0.1) is 0 Å². The van der Waals surface area contributed by atoms with Gasteiger partial charge in [0, 0.05) is 42.8 Å². The summed E-state index contributed by atoms with van der Waals surface area (Å²) < 4.78 is 25.3. The molecule has 286 valence electrons. The number of hydrogen-bond donors (Lipinski definition) is 4. The van der Waals surface area contributed by atoms with Gasteiger partial charge in [0.15, 0.2) is 0 Å². The van der Waals surface area contributed by atoms with Gasteiger partial charge in [0.1, 0.15) is 24.0 Å². The molecule has 4 bridgehead atoms. The highest BCUT2D eigenvalue weighted by molar-refractivity contribution is 6.46. The molecule has 4 unspecified atom stereocenters. The van der Waals surface area contributed by atoms with Gasteiger partial charge in [-0.1, -0.05) is 52.8 Å². The van der Waals surface area contributed by atoms with Gasteiger partial charge in [-0.2, -0.15) is 0 Å². The molecule has 4 aliphatic rings. The number of amides is 2. The van der Waals surface area contributed by atoms with Gasteiger partial charge in [-0.25, -0.2) is 9.78 Å². The Labute approximate surface area is 308 Å². The molecule has 0 spiro atoms. The number of aliphatic hydroxyl groups is 2. The molecule has 52 heavy (non-hydrogen) atoms. The summed E-state index contributed by atoms with van der Waals surface area (Å²) in [5.41, 5.74) is -1.29. The number of alkyl carbamates (subject to hydrolysis) is 1. The number of rotatable bonds is 10. The van der Waals surface area contributed by atoms with E-state index >= 15 is 0 Å². The molecule has 4 N–H and O–H groups in total. The summed E-state index contributed by atoms with van der Waals surface area (Å²) in [6, 6.07) is 8.00. The van der Waals surface area contributed by atoms with Crippen molar-refractivity contribution in [2.24, 2.45) is 22.7 Å². The Bertz CT molecular complexity index is 1570. The fourth-order valence-corrected chi connectivity index (χ4v) is 9.01. The van der Waals surface area contributed by atoms with Crippen molar-refractivity contribution in [1.29, 1.82) is 0 Å². The van der Waals surface area contributed by atoms with Crippen LogP contribution in [-0.2, 0) is 18.8 Å². The molecule has 2 aromatic rings. The van der Waals surface area contributed by atoms with Crippen LogP contribution in [0.4, 0.5) is 4.79 Å². The summed E-state index contributed by atoms with van der Waals surface area (Å²) in [5, 5.41) is 30.2. The minimum Gasteiger partial charge on any atom is -0.472 e. The molecule has 1 aromatic carbocycles. The summed E-state index contributed by atoms with van der Waals surface area (Å²) in [6.07, 6.45) is 4.02. The van der Waals surface area contributed by atoms with Crippen LogP contribution in [0.15, 0.2) is 36.5 Å². The molecular formula is C39H59BN4O8. The van der Waals surface area contributed by atoms with E-state index in [9.17, 15) is 19.8 Å². The van der Waals surface area contributed by atoms with E-state index in [-0.39, 0.29) is 49.5 Å². The molecule has 2 aliphatic heterocycles. The van der Waals surface area contributed by atoms with Gasteiger partial charge in [-0.05, 0) is 93.1 Å². The van der Waals surface area contributed by atoms with E-state index in [1.165, 1.54) is 6.42 Å². The standard InChI is InChI=1S/C39H59BN4O8/c1-37(2,3)32(43-36(48)50-38(4,5)6)35(47)44-22-26(49-34-27-12-10-9-11-23(27)15-17-41-34)20-29(44)33(46)42-31(16-18-45)40-51-25-19-24-13-14-28(39(24,7)8)30(21-25)52-40/h9-12,15,17,24-26,28-33,42,45-46H,13-14,16,18-22H2,1-8H3,(H,43,48)/t24-,25+,26?,28+,29-,30?,31?,32+,33?/m0/s1. The van der Waals surface area contributed by atoms with E-state index in [1.54, 1.807) is 31.9 Å². The van der Waals surface area contributed by atoms with Gasteiger partial charge in [0.2, 0.25) is 11.8 Å². The van der Waals surface area contributed by atoms with Crippen molar-refractivity contribution in [3.63, 3.8) is 0 Å². The Morgan fingerprint density at radius 1 is 1.08 bits per heavy atom. The fourth-order valence-electron chi connectivity index (χ4n) is 9.01. The Balaban J connectivity index is 1.25. The second kappa shape index (κ2) is 15.0. The van der Waals surface area contributed by atoms with Gasteiger partial charge >= 0.3 is 13.2 Å². The van der Waals surface area contributed by atoms with E-state index in [4.69, 9.17) is 18.8 Å². The lowest BCUT2D eigenvalue weighted by molar-refractivity contribution is -0.140. The Kier molecular flexibility index (Phi) is 11.2. The molecular weight excluding hydrogens is 663 g/mol. The molecule has 3 heterocycles. The summed E-state index contributed by atoms with van der Waals surface area (Å²) >= 11 is 0. The first-order chi connectivity index (χ1) is 24.4. The number of carbonyl (C=O) groups excluding carboxylic acids is 2. The molecule has 2 aliphatic carbocycles. The summed E-state index contributed by atoms with van der Waals surface area (Å²) in [6.45, 7) is 15.7. The van der Waals surface area contributed by atoms with Gasteiger partial charge in [0.05, 0.1) is 12.6 Å². The van der Waals surface area contributed by atoms with Crippen LogP contribution in [0.25, 0.3) is 10.8 Å². The molecule has 0 radical (unpaired) electrons. The van der Waals surface area contributed by atoms with Crippen LogP contribution in [0.3, 0.4) is 0 Å². The second-order valence-corrected chi connectivity index (χ2v) is 18.0. The minimum atomic E-state index is -1.24. The van der Waals surface area contributed by atoms with Gasteiger partial charge in [-0.3, -0.25) is 10.1 Å². The van der Waals surface area contributed by atoms with E-state index in [2.05, 4.69) is 29.5 Å². The number of pyridine rings is 1. The number of nitrogens with zero attached hydrogens (tertiary/aromatic N) is 2. The third-order valence-electron chi connectivity index (χ3n) is 11.8. The number of aliphatic hydroxyl groups excluding tert-OH is 2. The predicted octanol–water partition coefficient (Wildman–Crippen LogP) is 4.84. The third-order valence-corrected chi connectivity index (χ3v) is 11.8. The monoisotopic (exact) mass is 722 g/mol. The summed E-state index contributed by atoms with van der Waals surface area (Å²) in [4.78, 5) is 33.7. The highest BCUT2D eigenvalue weighted by Crippen LogP contribution is 2.56. The molecule has 2 amide bonds. The van der Waals surface area contributed by atoms with Crippen molar-refractivity contribution in [2.45, 2.75) is 142 Å². The third kappa shape index (κ3) is 8.38. The normalized spacial score (nSPS) is 29.0. The van der Waals surface area contributed by atoms with Crippen LogP contribution in [-0.4, -0.2) is 101 Å². The zero-order valence-corrected chi connectivity index (χ0v) is 32.1. The zero-order valence-electron chi connectivity index (χ0n) is 32.1. The lowest BCUT2D eigenvalue weighted by atomic mass is 9.71. The van der Waals surface area contributed by atoms with Crippen LogP contribution in [0.5, 0.6) is 5.88 Å². The number of aromatic nitrogens is 1. The van der Waals surface area contributed by atoms with Crippen LogP contribution in [0.2, 0.25) is 0 Å². The maximum Gasteiger partial charge on any atom is 0.475 e. The predicted molar refractivity (Wildman–Crippen MR) is 198 cm³/mol. The summed E-state index contributed by atoms with van der Waals surface area (Å²) in [7, 11) is -0.672.